The van der Waals surface area contributed by atoms with Gasteiger partial charge in [0, 0.05) is 5.92 Å². The van der Waals surface area contributed by atoms with E-state index in [9.17, 15) is 0 Å². The first-order chi connectivity index (χ1) is 9.40. The van der Waals surface area contributed by atoms with E-state index in [1.807, 2.05) is 0 Å². The van der Waals surface area contributed by atoms with E-state index in [-0.39, 0.29) is 6.04 Å². The average molecular weight is 255 g/mol. The lowest BCUT2D eigenvalue weighted by molar-refractivity contribution is 0.339. The Bertz CT molecular complexity index is 562. The Labute approximate surface area is 112 Å². The Hall–Kier alpha value is -1.68. The maximum atomic E-state index is 5.44. The second kappa shape index (κ2) is 4.46. The van der Waals surface area contributed by atoms with Crippen LogP contribution in [0.5, 0.6) is 0 Å². The van der Waals surface area contributed by atoms with Gasteiger partial charge in [-0.05, 0) is 43.4 Å². The number of nitrogens with zero attached hydrogens (tertiary/aromatic N) is 2. The fraction of sp³-hybridized carbons (Fsp3) is 0.467. The van der Waals surface area contributed by atoms with Crippen molar-refractivity contribution in [3.8, 4) is 0 Å². The van der Waals surface area contributed by atoms with Gasteiger partial charge in [0.1, 0.15) is 0 Å². The van der Waals surface area contributed by atoms with Crippen LogP contribution in [-0.4, -0.2) is 16.7 Å². The Morgan fingerprint density at radius 3 is 2.63 bits per heavy atom. The van der Waals surface area contributed by atoms with E-state index in [1.54, 1.807) is 0 Å². The molecule has 4 rings (SSSR count). The number of rotatable bonds is 2. The highest BCUT2D eigenvalue weighted by atomic mass is 16.5. The first kappa shape index (κ1) is 11.2. The van der Waals surface area contributed by atoms with E-state index in [1.165, 1.54) is 17.5 Å². The monoisotopic (exact) mass is 255 g/mol. The molecule has 4 nitrogen and oxygen atoms in total. The second-order valence-electron chi connectivity index (χ2n) is 5.51. The van der Waals surface area contributed by atoms with Crippen molar-refractivity contribution in [3.05, 3.63) is 47.1 Å². The van der Waals surface area contributed by atoms with Gasteiger partial charge in [-0.3, -0.25) is 0 Å². The van der Waals surface area contributed by atoms with Crippen molar-refractivity contribution in [3.63, 3.8) is 0 Å². The number of fused-ring (bicyclic) bond motifs is 1. The molecule has 2 heterocycles. The quantitative estimate of drug-likeness (QED) is 0.895. The summed E-state index contributed by atoms with van der Waals surface area (Å²) in [6.45, 7) is 1.05. The Kier molecular flexibility index (Phi) is 2.62. The standard InChI is InChI=1S/C15H17N3O/c1-2-5-11-9-12(8-10(11)4-1)14-17-15(19-18-14)13-6-3-7-16-13/h1-2,4-5,12-13,16H,3,6-9H2. The summed E-state index contributed by atoms with van der Waals surface area (Å²) in [6, 6.07) is 8.88. The van der Waals surface area contributed by atoms with Crippen LogP contribution < -0.4 is 5.32 Å². The van der Waals surface area contributed by atoms with Crippen molar-refractivity contribution >= 4 is 0 Å². The summed E-state index contributed by atoms with van der Waals surface area (Å²) in [6.07, 6.45) is 4.37. The minimum absolute atomic E-state index is 0.269. The number of benzene rings is 1. The summed E-state index contributed by atoms with van der Waals surface area (Å²) < 4.78 is 5.44. The Morgan fingerprint density at radius 2 is 1.95 bits per heavy atom. The molecular formula is C15H17N3O. The van der Waals surface area contributed by atoms with Crippen molar-refractivity contribution in [2.45, 2.75) is 37.6 Å². The molecule has 1 aliphatic heterocycles. The van der Waals surface area contributed by atoms with Crippen LogP contribution in [0.2, 0.25) is 0 Å². The largest absolute Gasteiger partial charge is 0.338 e. The topological polar surface area (TPSA) is 51.0 Å². The summed E-state index contributed by atoms with van der Waals surface area (Å²) in [7, 11) is 0. The lowest BCUT2D eigenvalue weighted by Crippen LogP contribution is -2.13. The molecule has 1 saturated heterocycles. The minimum atomic E-state index is 0.269. The van der Waals surface area contributed by atoms with E-state index in [0.29, 0.717) is 5.92 Å². The van der Waals surface area contributed by atoms with Crippen LogP contribution in [0.4, 0.5) is 0 Å². The van der Waals surface area contributed by atoms with Crippen molar-refractivity contribution in [2.75, 3.05) is 6.54 Å². The van der Waals surface area contributed by atoms with E-state index in [2.05, 4.69) is 39.7 Å². The van der Waals surface area contributed by atoms with Crippen LogP contribution in [0.1, 0.15) is 47.6 Å². The second-order valence-corrected chi connectivity index (χ2v) is 5.51. The van der Waals surface area contributed by atoms with Crippen LogP contribution in [0.15, 0.2) is 28.8 Å². The van der Waals surface area contributed by atoms with Gasteiger partial charge in [-0.1, -0.05) is 29.4 Å². The summed E-state index contributed by atoms with van der Waals surface area (Å²) in [4.78, 5) is 4.62. The zero-order chi connectivity index (χ0) is 12.7. The van der Waals surface area contributed by atoms with Gasteiger partial charge in [0.15, 0.2) is 5.82 Å². The smallest absolute Gasteiger partial charge is 0.243 e. The van der Waals surface area contributed by atoms with Gasteiger partial charge in [0.25, 0.3) is 0 Å². The molecule has 2 aromatic rings. The molecule has 1 aromatic carbocycles. The van der Waals surface area contributed by atoms with E-state index >= 15 is 0 Å². The van der Waals surface area contributed by atoms with Crippen LogP contribution in [0.25, 0.3) is 0 Å². The summed E-state index contributed by atoms with van der Waals surface area (Å²) >= 11 is 0. The molecule has 19 heavy (non-hydrogen) atoms. The van der Waals surface area contributed by atoms with Gasteiger partial charge in [0.2, 0.25) is 5.89 Å². The Balaban J connectivity index is 1.55. The van der Waals surface area contributed by atoms with Gasteiger partial charge >= 0.3 is 0 Å². The number of hydrogen-bond acceptors (Lipinski definition) is 4. The molecule has 4 heteroatoms. The fourth-order valence-corrected chi connectivity index (χ4v) is 3.19. The maximum Gasteiger partial charge on any atom is 0.243 e. The molecule has 1 aromatic heterocycles. The summed E-state index contributed by atoms with van der Waals surface area (Å²) in [5.41, 5.74) is 2.86. The normalized spacial score (nSPS) is 22.8. The molecule has 0 bridgehead atoms. The maximum absolute atomic E-state index is 5.44. The van der Waals surface area contributed by atoms with Crippen LogP contribution in [0, 0.1) is 0 Å². The number of aromatic nitrogens is 2. The number of hydrogen-bond donors (Lipinski definition) is 1. The molecule has 1 unspecified atom stereocenters. The summed E-state index contributed by atoms with van der Waals surface area (Å²) in [5, 5.41) is 7.60. The molecule has 0 amide bonds. The highest BCUT2D eigenvalue weighted by Crippen LogP contribution is 2.33. The summed E-state index contributed by atoms with van der Waals surface area (Å²) in [5.74, 6) is 2.03. The van der Waals surface area contributed by atoms with Crippen LogP contribution in [0.3, 0.4) is 0 Å². The van der Waals surface area contributed by atoms with Gasteiger partial charge < -0.3 is 9.84 Å². The van der Waals surface area contributed by atoms with Gasteiger partial charge in [-0.25, -0.2) is 0 Å². The lowest BCUT2D eigenvalue weighted by atomic mass is 10.1. The molecule has 1 N–H and O–H groups in total. The molecule has 2 aliphatic rings. The molecule has 0 saturated carbocycles. The molecule has 1 fully saturated rings. The highest BCUT2D eigenvalue weighted by Gasteiger charge is 2.28. The zero-order valence-electron chi connectivity index (χ0n) is 10.8. The van der Waals surface area contributed by atoms with Crippen LogP contribution >= 0.6 is 0 Å². The van der Waals surface area contributed by atoms with Crippen molar-refractivity contribution in [1.29, 1.82) is 0 Å². The zero-order valence-corrected chi connectivity index (χ0v) is 10.8. The van der Waals surface area contributed by atoms with Gasteiger partial charge in [-0.2, -0.15) is 4.98 Å². The molecule has 0 spiro atoms. The van der Waals surface area contributed by atoms with E-state index < -0.39 is 0 Å². The van der Waals surface area contributed by atoms with E-state index in [0.717, 1.165) is 37.5 Å². The van der Waals surface area contributed by atoms with Gasteiger partial charge in [0.05, 0.1) is 6.04 Å². The Morgan fingerprint density at radius 1 is 1.16 bits per heavy atom. The van der Waals surface area contributed by atoms with Crippen molar-refractivity contribution < 1.29 is 4.52 Å². The minimum Gasteiger partial charge on any atom is -0.338 e. The van der Waals surface area contributed by atoms with Crippen molar-refractivity contribution in [1.82, 2.24) is 15.5 Å². The van der Waals surface area contributed by atoms with E-state index in [4.69, 9.17) is 4.52 Å². The molecule has 0 radical (unpaired) electrons. The predicted octanol–water partition coefficient (Wildman–Crippen LogP) is 2.38. The number of nitrogens with one attached hydrogen (secondary N) is 1. The first-order valence-corrected chi connectivity index (χ1v) is 7.04. The SMILES string of the molecule is c1ccc2c(c1)CC(c1noc(C3CCCN3)n1)C2. The average Bonchev–Trinajstić information content (AvgIpc) is 3.17. The first-order valence-electron chi connectivity index (χ1n) is 7.04. The third-order valence-corrected chi connectivity index (χ3v) is 4.23. The van der Waals surface area contributed by atoms with Crippen molar-refractivity contribution in [2.24, 2.45) is 0 Å². The predicted molar refractivity (Wildman–Crippen MR) is 70.9 cm³/mol. The van der Waals surface area contributed by atoms with Crippen LogP contribution in [-0.2, 0) is 12.8 Å². The highest BCUT2D eigenvalue weighted by molar-refractivity contribution is 5.34. The lowest BCUT2D eigenvalue weighted by Gasteiger charge is -2.03. The fourth-order valence-electron chi connectivity index (χ4n) is 3.19. The van der Waals surface area contributed by atoms with Gasteiger partial charge in [-0.15, -0.1) is 0 Å². The molecule has 1 atom stereocenters. The third kappa shape index (κ3) is 1.96. The third-order valence-electron chi connectivity index (χ3n) is 4.23. The molecular weight excluding hydrogens is 238 g/mol. The molecule has 1 aliphatic carbocycles. The molecule has 98 valence electrons.